The van der Waals surface area contributed by atoms with Gasteiger partial charge in [-0.25, -0.2) is 0 Å². The van der Waals surface area contributed by atoms with Crippen LogP contribution in [-0.2, 0) is 17.8 Å². The lowest BCUT2D eigenvalue weighted by molar-refractivity contribution is 0.124. The first-order chi connectivity index (χ1) is 10.2. The number of aryl methyl sites for hydroxylation is 1. The van der Waals surface area contributed by atoms with Crippen molar-refractivity contribution in [3.05, 3.63) is 35.0 Å². The van der Waals surface area contributed by atoms with Crippen LogP contribution < -0.4 is 5.32 Å². The van der Waals surface area contributed by atoms with E-state index in [2.05, 4.69) is 48.9 Å². The number of hydrogen-bond donors (Lipinski definition) is 1. The van der Waals surface area contributed by atoms with Crippen LogP contribution in [0.25, 0.3) is 10.9 Å². The second kappa shape index (κ2) is 7.62. The van der Waals surface area contributed by atoms with Gasteiger partial charge in [0.15, 0.2) is 0 Å². The smallest absolute Gasteiger partial charge is 0.0645 e. The Bertz CT molecular complexity index is 586. The zero-order valence-electron chi connectivity index (χ0n) is 13.8. The molecule has 1 heterocycles. The molecule has 0 saturated carbocycles. The lowest BCUT2D eigenvalue weighted by Gasteiger charge is -2.09. The van der Waals surface area contributed by atoms with Gasteiger partial charge in [-0.1, -0.05) is 19.4 Å². The topological polar surface area (TPSA) is 26.2 Å². The minimum atomic E-state index is 0.794. The molecule has 0 bridgehead atoms. The molecule has 0 aliphatic carbocycles. The molecule has 0 aliphatic rings. The van der Waals surface area contributed by atoms with Crippen LogP contribution >= 0.6 is 0 Å². The number of aromatic nitrogens is 1. The summed E-state index contributed by atoms with van der Waals surface area (Å²) in [5.74, 6) is 0. The molecule has 3 nitrogen and oxygen atoms in total. The third-order valence-corrected chi connectivity index (χ3v) is 4.19. The Labute approximate surface area is 128 Å². The highest BCUT2D eigenvalue weighted by Gasteiger charge is 2.11. The first-order valence-electron chi connectivity index (χ1n) is 7.99. The van der Waals surface area contributed by atoms with Crippen LogP contribution in [0.3, 0.4) is 0 Å². The highest BCUT2D eigenvalue weighted by atomic mass is 16.5. The van der Waals surface area contributed by atoms with Crippen molar-refractivity contribution in [1.29, 1.82) is 0 Å². The number of rotatable bonds is 8. The largest absolute Gasteiger partial charge is 0.380 e. The zero-order chi connectivity index (χ0) is 15.2. The molecule has 1 aromatic heterocycles. The van der Waals surface area contributed by atoms with Crippen molar-refractivity contribution in [2.75, 3.05) is 20.3 Å². The summed E-state index contributed by atoms with van der Waals surface area (Å²) in [5, 5.41) is 4.59. The van der Waals surface area contributed by atoms with Crippen molar-refractivity contribution in [2.24, 2.45) is 0 Å². The number of ether oxygens (including phenoxy) is 1. The number of hydrogen-bond acceptors (Lipinski definition) is 2. The molecule has 0 radical (unpaired) electrons. The Kier molecular flexibility index (Phi) is 5.83. The van der Waals surface area contributed by atoms with Crippen molar-refractivity contribution in [2.45, 2.75) is 46.7 Å². The summed E-state index contributed by atoms with van der Waals surface area (Å²) in [6, 6.07) is 6.77. The molecule has 0 fully saturated rings. The van der Waals surface area contributed by atoms with Gasteiger partial charge < -0.3 is 14.6 Å². The third-order valence-electron chi connectivity index (χ3n) is 4.19. The fraction of sp³-hybridized carbons (Fsp3) is 0.556. The van der Waals surface area contributed by atoms with Gasteiger partial charge >= 0.3 is 0 Å². The molecular formula is C18H28N2O. The Morgan fingerprint density at radius 2 is 2.00 bits per heavy atom. The highest BCUT2D eigenvalue weighted by Crippen LogP contribution is 2.26. The monoisotopic (exact) mass is 288 g/mol. The average Bonchev–Trinajstić information content (AvgIpc) is 2.72. The summed E-state index contributed by atoms with van der Waals surface area (Å²) in [7, 11) is 1.99. The number of nitrogens with one attached hydrogen (secondary N) is 1. The van der Waals surface area contributed by atoms with Crippen molar-refractivity contribution >= 4 is 10.9 Å². The van der Waals surface area contributed by atoms with E-state index in [1.54, 1.807) is 0 Å². The Balaban J connectivity index is 2.17. The molecule has 2 rings (SSSR count). The summed E-state index contributed by atoms with van der Waals surface area (Å²) in [6.45, 7) is 10.1. The molecule has 0 spiro atoms. The maximum absolute atomic E-state index is 5.72. The number of fused-ring (bicyclic) bond motifs is 1. The Morgan fingerprint density at radius 1 is 1.19 bits per heavy atom. The molecule has 0 aliphatic heterocycles. The number of benzene rings is 1. The molecule has 1 aromatic carbocycles. The molecule has 3 heteroatoms. The first kappa shape index (κ1) is 16.1. The van der Waals surface area contributed by atoms with Crippen molar-refractivity contribution in [1.82, 2.24) is 9.88 Å². The summed E-state index contributed by atoms with van der Waals surface area (Å²) < 4.78 is 8.11. The van der Waals surface area contributed by atoms with E-state index in [1.807, 2.05) is 7.05 Å². The summed E-state index contributed by atoms with van der Waals surface area (Å²) >= 11 is 0. The third kappa shape index (κ3) is 3.66. The van der Waals surface area contributed by atoms with E-state index in [0.29, 0.717) is 0 Å². The minimum absolute atomic E-state index is 0.794. The van der Waals surface area contributed by atoms with Crippen LogP contribution in [-0.4, -0.2) is 24.8 Å². The van der Waals surface area contributed by atoms with Crippen LogP contribution in [0.4, 0.5) is 0 Å². The predicted molar refractivity (Wildman–Crippen MR) is 89.9 cm³/mol. The van der Waals surface area contributed by atoms with Gasteiger partial charge in [-0.3, -0.25) is 0 Å². The average molecular weight is 288 g/mol. The summed E-state index contributed by atoms with van der Waals surface area (Å²) in [4.78, 5) is 0. The number of nitrogens with zero attached hydrogens (tertiary/aromatic N) is 1. The van der Waals surface area contributed by atoms with Gasteiger partial charge in [0.2, 0.25) is 0 Å². The molecule has 116 valence electrons. The molecule has 0 saturated heterocycles. The van der Waals surface area contributed by atoms with Crippen molar-refractivity contribution in [3.63, 3.8) is 0 Å². The van der Waals surface area contributed by atoms with Gasteiger partial charge in [-0.05, 0) is 50.6 Å². The van der Waals surface area contributed by atoms with E-state index >= 15 is 0 Å². The maximum Gasteiger partial charge on any atom is 0.0645 e. The number of unbranched alkanes of at least 4 members (excludes halogenated alkanes) is 1. The summed E-state index contributed by atoms with van der Waals surface area (Å²) in [5.41, 5.74) is 5.40. The lowest BCUT2D eigenvalue weighted by atomic mass is 10.1. The fourth-order valence-electron chi connectivity index (χ4n) is 2.80. The fourth-order valence-corrected chi connectivity index (χ4v) is 2.80. The second-order valence-electron chi connectivity index (χ2n) is 5.71. The quantitative estimate of drug-likeness (QED) is 0.748. The first-order valence-corrected chi connectivity index (χ1v) is 7.99. The van der Waals surface area contributed by atoms with Gasteiger partial charge in [0.1, 0.15) is 0 Å². The minimum Gasteiger partial charge on any atom is -0.380 e. The predicted octanol–water partition coefficient (Wildman–Crippen LogP) is 3.79. The van der Waals surface area contributed by atoms with Crippen LogP contribution in [0.15, 0.2) is 18.2 Å². The second-order valence-corrected chi connectivity index (χ2v) is 5.71. The standard InChI is InChI=1S/C18H28N2O/c1-5-6-10-21-11-9-20-15(3)14(2)17-12-16(13-19-4)7-8-18(17)20/h7-8,12,19H,5-6,9-11,13H2,1-4H3. The van der Waals surface area contributed by atoms with Gasteiger partial charge in [0.05, 0.1) is 6.61 Å². The van der Waals surface area contributed by atoms with Gasteiger partial charge in [-0.15, -0.1) is 0 Å². The lowest BCUT2D eigenvalue weighted by Crippen LogP contribution is -2.08. The van der Waals surface area contributed by atoms with Crippen molar-refractivity contribution in [3.8, 4) is 0 Å². The molecule has 0 atom stereocenters. The van der Waals surface area contributed by atoms with Gasteiger partial charge in [-0.2, -0.15) is 0 Å². The van der Waals surface area contributed by atoms with Crippen molar-refractivity contribution < 1.29 is 4.74 Å². The Morgan fingerprint density at radius 3 is 2.71 bits per heavy atom. The van der Waals surface area contributed by atoms with Crippen LogP contribution in [0, 0.1) is 13.8 Å². The molecule has 2 aromatic rings. The van der Waals surface area contributed by atoms with Gasteiger partial charge in [0, 0.05) is 36.3 Å². The van der Waals surface area contributed by atoms with Crippen LogP contribution in [0.2, 0.25) is 0 Å². The molecule has 0 amide bonds. The van der Waals surface area contributed by atoms with E-state index in [0.717, 1.165) is 32.7 Å². The molecule has 1 N–H and O–H groups in total. The van der Waals surface area contributed by atoms with E-state index < -0.39 is 0 Å². The van der Waals surface area contributed by atoms with Crippen LogP contribution in [0.1, 0.15) is 36.6 Å². The highest BCUT2D eigenvalue weighted by molar-refractivity contribution is 5.86. The van der Waals surface area contributed by atoms with E-state index in [-0.39, 0.29) is 0 Å². The van der Waals surface area contributed by atoms with Gasteiger partial charge in [0.25, 0.3) is 0 Å². The molecule has 21 heavy (non-hydrogen) atoms. The molecular weight excluding hydrogens is 260 g/mol. The van der Waals surface area contributed by atoms with Crippen LogP contribution in [0.5, 0.6) is 0 Å². The Hall–Kier alpha value is -1.32. The SMILES string of the molecule is CCCCOCCn1c(C)c(C)c2cc(CNC)ccc21. The van der Waals surface area contributed by atoms with E-state index in [4.69, 9.17) is 4.74 Å². The maximum atomic E-state index is 5.72. The molecule has 0 unspecified atom stereocenters. The van der Waals surface area contributed by atoms with E-state index in [9.17, 15) is 0 Å². The summed E-state index contributed by atoms with van der Waals surface area (Å²) in [6.07, 6.45) is 2.34. The normalized spacial score (nSPS) is 11.4. The van der Waals surface area contributed by atoms with E-state index in [1.165, 1.54) is 34.1 Å². The zero-order valence-corrected chi connectivity index (χ0v) is 13.8.